The Morgan fingerprint density at radius 3 is 2.64 bits per heavy atom. The van der Waals surface area contributed by atoms with Crippen LogP contribution in [0.3, 0.4) is 0 Å². The SMILES string of the molecule is Cc1ccc(OCC(O)C[NH+]2CCN(c3cccc[nH+]3)CC2)cc1C. The fourth-order valence-electron chi connectivity index (χ4n) is 3.24. The summed E-state index contributed by atoms with van der Waals surface area (Å²) in [6.45, 7) is 9.31. The summed E-state index contributed by atoms with van der Waals surface area (Å²) in [6, 6.07) is 12.2. The summed E-state index contributed by atoms with van der Waals surface area (Å²) in [5, 5.41) is 10.3. The third-order valence-corrected chi connectivity index (χ3v) is 4.95. The molecule has 1 saturated heterocycles. The summed E-state index contributed by atoms with van der Waals surface area (Å²) in [5.41, 5.74) is 2.47. The van der Waals surface area contributed by atoms with Crippen molar-refractivity contribution in [2.45, 2.75) is 20.0 Å². The first-order valence-corrected chi connectivity index (χ1v) is 9.05. The minimum Gasteiger partial charge on any atom is -0.491 e. The van der Waals surface area contributed by atoms with Crippen molar-refractivity contribution in [3.05, 3.63) is 53.7 Å². The van der Waals surface area contributed by atoms with Gasteiger partial charge in [0.2, 0.25) is 0 Å². The number of rotatable bonds is 6. The second kappa shape index (κ2) is 8.32. The van der Waals surface area contributed by atoms with Gasteiger partial charge in [-0.1, -0.05) is 12.1 Å². The molecule has 0 aliphatic carbocycles. The monoisotopic (exact) mass is 343 g/mol. The number of H-pyrrole nitrogens is 1. The normalized spacial score (nSPS) is 16.7. The average molecular weight is 343 g/mol. The number of benzene rings is 1. The van der Waals surface area contributed by atoms with E-state index < -0.39 is 6.10 Å². The number of quaternary nitrogens is 1. The van der Waals surface area contributed by atoms with Crippen LogP contribution in [0, 0.1) is 13.8 Å². The molecule has 1 aliphatic rings. The standard InChI is InChI=1S/C20H27N3O2/c1-16-6-7-19(13-17(16)2)25-15-18(24)14-22-9-11-23(12-10-22)20-5-3-4-8-21-20/h3-8,13,18,24H,9-12,14-15H2,1-2H3/p+2. The minimum absolute atomic E-state index is 0.349. The second-order valence-corrected chi connectivity index (χ2v) is 6.90. The Morgan fingerprint density at radius 2 is 1.96 bits per heavy atom. The van der Waals surface area contributed by atoms with Crippen molar-refractivity contribution in [1.82, 2.24) is 0 Å². The Labute approximate surface area is 149 Å². The number of pyridine rings is 1. The maximum absolute atomic E-state index is 10.3. The van der Waals surface area contributed by atoms with Gasteiger partial charge >= 0.3 is 0 Å². The van der Waals surface area contributed by atoms with Crippen molar-refractivity contribution >= 4 is 5.82 Å². The quantitative estimate of drug-likeness (QED) is 0.791. The maximum Gasteiger partial charge on any atom is 0.274 e. The molecule has 3 rings (SSSR count). The van der Waals surface area contributed by atoms with E-state index in [1.54, 1.807) is 0 Å². The van der Waals surface area contributed by atoms with Crippen LogP contribution in [0.1, 0.15) is 11.1 Å². The molecule has 1 aromatic carbocycles. The van der Waals surface area contributed by atoms with E-state index in [1.165, 1.54) is 21.8 Å². The van der Waals surface area contributed by atoms with E-state index in [2.05, 4.69) is 41.9 Å². The molecule has 5 heteroatoms. The Kier molecular flexibility index (Phi) is 5.89. The van der Waals surface area contributed by atoms with Crippen molar-refractivity contribution in [2.75, 3.05) is 44.2 Å². The van der Waals surface area contributed by atoms with Gasteiger partial charge in [-0.2, -0.15) is 0 Å². The number of nitrogens with zero attached hydrogens (tertiary/aromatic N) is 1. The second-order valence-electron chi connectivity index (χ2n) is 6.90. The van der Waals surface area contributed by atoms with Gasteiger partial charge in [-0.3, -0.25) is 4.90 Å². The Hall–Kier alpha value is -2.11. The van der Waals surface area contributed by atoms with Gasteiger partial charge in [-0.05, 0) is 43.2 Å². The highest BCUT2D eigenvalue weighted by atomic mass is 16.5. The molecule has 2 aromatic rings. The first-order valence-electron chi connectivity index (χ1n) is 9.05. The molecule has 0 radical (unpaired) electrons. The van der Waals surface area contributed by atoms with Crippen molar-refractivity contribution in [1.29, 1.82) is 0 Å². The zero-order chi connectivity index (χ0) is 17.6. The van der Waals surface area contributed by atoms with E-state index in [0.29, 0.717) is 6.61 Å². The van der Waals surface area contributed by atoms with E-state index >= 15 is 0 Å². The van der Waals surface area contributed by atoms with Gasteiger partial charge in [0.05, 0.1) is 6.20 Å². The molecule has 0 bridgehead atoms. The van der Waals surface area contributed by atoms with E-state index in [9.17, 15) is 5.11 Å². The lowest BCUT2D eigenvalue weighted by molar-refractivity contribution is -0.903. The Balaban J connectivity index is 1.41. The molecule has 0 spiro atoms. The van der Waals surface area contributed by atoms with Crippen LogP contribution in [0.25, 0.3) is 0 Å². The summed E-state index contributed by atoms with van der Waals surface area (Å²) in [5.74, 6) is 2.00. The van der Waals surface area contributed by atoms with Crippen LogP contribution in [0.4, 0.5) is 5.82 Å². The van der Waals surface area contributed by atoms with E-state index in [1.807, 2.05) is 24.4 Å². The number of anilines is 1. The largest absolute Gasteiger partial charge is 0.491 e. The summed E-state index contributed by atoms with van der Waals surface area (Å²) >= 11 is 0. The fourth-order valence-corrected chi connectivity index (χ4v) is 3.24. The van der Waals surface area contributed by atoms with Crippen molar-refractivity contribution < 1.29 is 19.7 Å². The van der Waals surface area contributed by atoms with Crippen LogP contribution in [0.2, 0.25) is 0 Å². The average Bonchev–Trinajstić information content (AvgIpc) is 2.64. The van der Waals surface area contributed by atoms with Gasteiger partial charge in [-0.25, -0.2) is 4.98 Å². The number of aliphatic hydroxyl groups excluding tert-OH is 1. The smallest absolute Gasteiger partial charge is 0.274 e. The van der Waals surface area contributed by atoms with Crippen LogP contribution in [0.15, 0.2) is 42.6 Å². The predicted octanol–water partition coefficient (Wildman–Crippen LogP) is 0.262. The number of piperazine rings is 1. The number of aryl methyl sites for hydroxylation is 2. The number of nitrogens with one attached hydrogen (secondary N) is 2. The van der Waals surface area contributed by atoms with Gasteiger partial charge in [-0.15, -0.1) is 0 Å². The summed E-state index contributed by atoms with van der Waals surface area (Å²) in [4.78, 5) is 7.08. The van der Waals surface area contributed by atoms with Gasteiger partial charge in [0.15, 0.2) is 0 Å². The number of hydrogen-bond donors (Lipinski definition) is 2. The molecular weight excluding hydrogens is 314 g/mol. The summed E-state index contributed by atoms with van der Waals surface area (Å²) < 4.78 is 5.76. The lowest BCUT2D eigenvalue weighted by atomic mass is 10.1. The first kappa shape index (κ1) is 17.7. The number of hydrogen-bond acceptors (Lipinski definition) is 3. The lowest BCUT2D eigenvalue weighted by Gasteiger charge is -2.29. The molecule has 1 aromatic heterocycles. The van der Waals surface area contributed by atoms with Crippen molar-refractivity contribution in [3.63, 3.8) is 0 Å². The van der Waals surface area contributed by atoms with Crippen molar-refractivity contribution in [3.8, 4) is 5.75 Å². The highest BCUT2D eigenvalue weighted by molar-refractivity contribution is 5.34. The molecule has 134 valence electrons. The lowest BCUT2D eigenvalue weighted by Crippen LogP contribution is -3.16. The molecule has 1 atom stereocenters. The van der Waals surface area contributed by atoms with Crippen LogP contribution < -0.4 is 19.5 Å². The zero-order valence-electron chi connectivity index (χ0n) is 15.2. The molecule has 2 heterocycles. The molecule has 1 unspecified atom stereocenters. The van der Waals surface area contributed by atoms with Crippen LogP contribution in [-0.4, -0.2) is 50.5 Å². The van der Waals surface area contributed by atoms with Crippen molar-refractivity contribution in [2.24, 2.45) is 0 Å². The fraction of sp³-hybridized carbons (Fsp3) is 0.450. The topological polar surface area (TPSA) is 51.3 Å². The first-order chi connectivity index (χ1) is 12.1. The third-order valence-electron chi connectivity index (χ3n) is 4.95. The van der Waals surface area contributed by atoms with Crippen LogP contribution >= 0.6 is 0 Å². The molecule has 0 amide bonds. The number of aromatic nitrogens is 1. The Morgan fingerprint density at radius 1 is 1.16 bits per heavy atom. The minimum atomic E-state index is -0.438. The van der Waals surface area contributed by atoms with Gasteiger partial charge in [0.25, 0.3) is 5.82 Å². The number of aromatic amines is 1. The third kappa shape index (κ3) is 4.94. The van der Waals surface area contributed by atoms with Gasteiger partial charge in [0.1, 0.15) is 51.2 Å². The van der Waals surface area contributed by atoms with E-state index in [0.717, 1.165) is 38.5 Å². The maximum atomic E-state index is 10.3. The zero-order valence-corrected chi connectivity index (χ0v) is 15.2. The molecule has 5 nitrogen and oxygen atoms in total. The molecular formula is C20H29N3O2+2. The van der Waals surface area contributed by atoms with Crippen LogP contribution in [-0.2, 0) is 0 Å². The molecule has 1 aliphatic heterocycles. The molecule has 0 saturated carbocycles. The number of aliphatic hydroxyl groups is 1. The highest BCUT2D eigenvalue weighted by Crippen LogP contribution is 2.16. The van der Waals surface area contributed by atoms with Crippen LogP contribution in [0.5, 0.6) is 5.75 Å². The highest BCUT2D eigenvalue weighted by Gasteiger charge is 2.27. The molecule has 1 fully saturated rings. The van der Waals surface area contributed by atoms with Gasteiger partial charge in [0, 0.05) is 6.07 Å². The Bertz CT molecular complexity index is 670. The molecule has 3 N–H and O–H groups in total. The molecule has 25 heavy (non-hydrogen) atoms. The summed E-state index contributed by atoms with van der Waals surface area (Å²) in [7, 11) is 0. The van der Waals surface area contributed by atoms with E-state index in [-0.39, 0.29) is 0 Å². The van der Waals surface area contributed by atoms with Gasteiger partial charge < -0.3 is 14.7 Å². The number of ether oxygens (including phenoxy) is 1. The van der Waals surface area contributed by atoms with E-state index in [4.69, 9.17) is 4.74 Å². The predicted molar refractivity (Wildman–Crippen MR) is 98.2 cm³/mol. The summed E-state index contributed by atoms with van der Waals surface area (Å²) in [6.07, 6.45) is 1.52.